The van der Waals surface area contributed by atoms with Crippen LogP contribution in [-0.4, -0.2) is 13.0 Å². The van der Waals surface area contributed by atoms with Gasteiger partial charge in [0.25, 0.3) is 0 Å². The molecule has 40 heavy (non-hydrogen) atoms. The van der Waals surface area contributed by atoms with Crippen LogP contribution in [-0.2, 0) is 6.11 Å². The van der Waals surface area contributed by atoms with Crippen molar-refractivity contribution in [2.24, 2.45) is 0 Å². The Bertz CT molecular complexity index is 1440. The van der Waals surface area contributed by atoms with Crippen LogP contribution in [0.15, 0.2) is 78.9 Å². The van der Waals surface area contributed by atoms with E-state index in [9.17, 15) is 35.1 Å². The van der Waals surface area contributed by atoms with Crippen molar-refractivity contribution in [2.45, 2.75) is 25.8 Å². The summed E-state index contributed by atoms with van der Waals surface area (Å²) >= 11 is 0. The number of ether oxygens (including phenoxy) is 3. The van der Waals surface area contributed by atoms with Crippen molar-refractivity contribution < 1.29 is 49.3 Å². The van der Waals surface area contributed by atoms with Crippen LogP contribution in [0.2, 0.25) is 0 Å². The zero-order chi connectivity index (χ0) is 29.1. The lowest BCUT2D eigenvalue weighted by atomic mass is 9.98. The molecule has 0 unspecified atom stereocenters. The average molecular weight is 568 g/mol. The normalized spacial score (nSPS) is 11.8. The van der Waals surface area contributed by atoms with E-state index in [1.807, 2.05) is 6.92 Å². The van der Waals surface area contributed by atoms with Crippen LogP contribution in [0, 0.1) is 17.5 Å². The highest BCUT2D eigenvalue weighted by molar-refractivity contribution is 5.71. The molecule has 0 aliphatic carbocycles. The molecule has 3 nitrogen and oxygen atoms in total. The first-order valence-electron chi connectivity index (χ1n) is 11.8. The number of hydrogen-bond donors (Lipinski definition) is 0. The quantitative estimate of drug-likeness (QED) is 0.188. The van der Waals surface area contributed by atoms with E-state index in [-0.39, 0.29) is 11.1 Å². The molecule has 0 fully saturated rings. The van der Waals surface area contributed by atoms with E-state index in [4.69, 9.17) is 4.74 Å². The van der Waals surface area contributed by atoms with Gasteiger partial charge in [0, 0.05) is 5.56 Å². The van der Waals surface area contributed by atoms with Crippen LogP contribution < -0.4 is 14.2 Å². The van der Waals surface area contributed by atoms with Crippen molar-refractivity contribution in [3.8, 4) is 39.5 Å². The van der Waals surface area contributed by atoms with Crippen LogP contribution in [0.5, 0.6) is 17.2 Å². The van der Waals surface area contributed by atoms with Gasteiger partial charge in [0.05, 0.1) is 6.61 Å². The van der Waals surface area contributed by atoms with Crippen LogP contribution >= 0.6 is 0 Å². The van der Waals surface area contributed by atoms with Gasteiger partial charge in [0.2, 0.25) is 0 Å². The Kier molecular flexibility index (Phi) is 8.22. The Morgan fingerprint density at radius 1 is 0.575 bits per heavy atom. The van der Waals surface area contributed by atoms with E-state index in [0.717, 1.165) is 12.5 Å². The first-order chi connectivity index (χ1) is 18.9. The van der Waals surface area contributed by atoms with Crippen molar-refractivity contribution in [3.63, 3.8) is 0 Å². The van der Waals surface area contributed by atoms with Crippen LogP contribution in [0.3, 0.4) is 0 Å². The molecule has 0 N–H and O–H groups in total. The molecule has 4 aromatic rings. The van der Waals surface area contributed by atoms with Gasteiger partial charge in [-0.2, -0.15) is 8.78 Å². The van der Waals surface area contributed by atoms with Crippen molar-refractivity contribution >= 4 is 0 Å². The highest BCUT2D eigenvalue weighted by atomic mass is 19.4. The first kappa shape index (κ1) is 28.7. The summed E-state index contributed by atoms with van der Waals surface area (Å²) in [5.41, 5.74) is -1.21. The van der Waals surface area contributed by atoms with E-state index in [2.05, 4.69) is 9.47 Å². The first-order valence-corrected chi connectivity index (χ1v) is 11.8. The van der Waals surface area contributed by atoms with Gasteiger partial charge in [0.15, 0.2) is 0 Å². The Balaban J connectivity index is 1.55. The number of alkyl halides is 5. The zero-order valence-electron chi connectivity index (χ0n) is 20.7. The summed E-state index contributed by atoms with van der Waals surface area (Å²) in [7, 11) is 0. The molecule has 0 spiro atoms. The van der Waals surface area contributed by atoms with Gasteiger partial charge in [-0.05, 0) is 77.7 Å². The monoisotopic (exact) mass is 568 g/mol. The highest BCUT2D eigenvalue weighted by Gasteiger charge is 2.41. The highest BCUT2D eigenvalue weighted by Crippen LogP contribution is 2.38. The molecule has 0 amide bonds. The molecule has 0 aliphatic heterocycles. The SMILES string of the molecule is CCCOc1ccc(-c2ccc(-c3cc(F)c(C(F)(F)Oc4ccc(OC(F)(F)F)cc4)c(F)c3)c(F)c2)cc1. The zero-order valence-corrected chi connectivity index (χ0v) is 20.7. The summed E-state index contributed by atoms with van der Waals surface area (Å²) in [6, 6.07) is 14.6. The van der Waals surface area contributed by atoms with E-state index in [1.54, 1.807) is 24.3 Å². The minimum atomic E-state index is -5.00. The molecular weight excluding hydrogens is 548 g/mol. The summed E-state index contributed by atoms with van der Waals surface area (Å²) in [6.45, 7) is 2.51. The second-order valence-corrected chi connectivity index (χ2v) is 8.52. The van der Waals surface area contributed by atoms with Crippen molar-refractivity contribution in [1.82, 2.24) is 0 Å². The van der Waals surface area contributed by atoms with Crippen molar-refractivity contribution in [3.05, 3.63) is 102 Å². The maximum Gasteiger partial charge on any atom is 0.573 e. The molecule has 4 rings (SSSR count). The Morgan fingerprint density at radius 2 is 1.07 bits per heavy atom. The number of benzene rings is 4. The fourth-order valence-corrected chi connectivity index (χ4v) is 3.81. The number of hydrogen-bond acceptors (Lipinski definition) is 3. The Labute approximate surface area is 223 Å². The largest absolute Gasteiger partial charge is 0.573 e. The van der Waals surface area contributed by atoms with Gasteiger partial charge in [-0.25, -0.2) is 13.2 Å². The fourth-order valence-electron chi connectivity index (χ4n) is 3.81. The van der Waals surface area contributed by atoms with Gasteiger partial charge in [-0.3, -0.25) is 0 Å². The molecule has 0 bridgehead atoms. The lowest BCUT2D eigenvalue weighted by molar-refractivity contribution is -0.274. The molecule has 0 heterocycles. The van der Waals surface area contributed by atoms with Crippen LogP contribution in [0.1, 0.15) is 18.9 Å². The second-order valence-electron chi connectivity index (χ2n) is 8.52. The summed E-state index contributed by atoms with van der Waals surface area (Å²) in [4.78, 5) is 0. The van der Waals surface area contributed by atoms with Crippen LogP contribution in [0.25, 0.3) is 22.3 Å². The number of rotatable bonds is 9. The van der Waals surface area contributed by atoms with Crippen molar-refractivity contribution in [2.75, 3.05) is 6.61 Å². The third-order valence-corrected chi connectivity index (χ3v) is 5.58. The van der Waals surface area contributed by atoms with E-state index in [1.165, 1.54) is 12.1 Å². The van der Waals surface area contributed by atoms with E-state index < -0.39 is 47.0 Å². The molecule has 0 aromatic heterocycles. The maximum absolute atomic E-state index is 15.0. The Morgan fingerprint density at radius 3 is 1.60 bits per heavy atom. The Hall–Kier alpha value is -4.28. The smallest absolute Gasteiger partial charge is 0.494 e. The molecule has 0 saturated heterocycles. The summed E-state index contributed by atoms with van der Waals surface area (Å²) in [5.74, 6) is -5.04. The molecular formula is C29H20F8O3. The average Bonchev–Trinajstić information content (AvgIpc) is 2.87. The lowest BCUT2D eigenvalue weighted by Gasteiger charge is -2.20. The maximum atomic E-state index is 15.0. The summed E-state index contributed by atoms with van der Waals surface area (Å²) < 4.78 is 124. The molecule has 4 aromatic carbocycles. The standard InChI is InChI=1S/C29H20F8O3/c1-2-13-38-20-6-3-17(4-7-20)18-5-12-23(24(30)14-18)19-15-25(31)27(26(32)16-19)28(33,34)39-21-8-10-22(11-9-21)40-29(35,36)37/h3-12,14-16H,2,13H2,1H3. The fraction of sp³-hybridized carbons (Fsp3) is 0.172. The minimum Gasteiger partial charge on any atom is -0.494 e. The topological polar surface area (TPSA) is 27.7 Å². The molecule has 11 heteroatoms. The summed E-state index contributed by atoms with van der Waals surface area (Å²) in [5, 5.41) is 0. The van der Waals surface area contributed by atoms with E-state index in [0.29, 0.717) is 59.9 Å². The minimum absolute atomic E-state index is 0.236. The molecule has 0 saturated carbocycles. The predicted octanol–water partition coefficient (Wildman–Crippen LogP) is 9.25. The molecule has 0 atom stereocenters. The van der Waals surface area contributed by atoms with Gasteiger partial charge in [-0.15, -0.1) is 13.2 Å². The summed E-state index contributed by atoms with van der Waals surface area (Å²) in [6.07, 6.45) is -8.73. The van der Waals surface area contributed by atoms with Crippen molar-refractivity contribution in [1.29, 1.82) is 0 Å². The van der Waals surface area contributed by atoms with Crippen LogP contribution in [0.4, 0.5) is 35.1 Å². The predicted molar refractivity (Wildman–Crippen MR) is 131 cm³/mol. The van der Waals surface area contributed by atoms with Gasteiger partial charge in [-0.1, -0.05) is 31.2 Å². The lowest BCUT2D eigenvalue weighted by Crippen LogP contribution is -2.25. The molecule has 0 radical (unpaired) electrons. The van der Waals surface area contributed by atoms with Gasteiger partial charge >= 0.3 is 12.5 Å². The molecule has 210 valence electrons. The third kappa shape index (κ3) is 6.83. The number of halogens is 8. The van der Waals surface area contributed by atoms with E-state index >= 15 is 0 Å². The third-order valence-electron chi connectivity index (χ3n) is 5.58. The van der Waals surface area contributed by atoms with Gasteiger partial charge in [0.1, 0.15) is 40.3 Å². The molecule has 0 aliphatic rings. The van der Waals surface area contributed by atoms with Gasteiger partial charge < -0.3 is 14.2 Å². The second kappa shape index (κ2) is 11.4.